The molecule has 0 spiro atoms. The molecule has 1 aliphatic heterocycles. The summed E-state index contributed by atoms with van der Waals surface area (Å²) in [6.07, 6.45) is 3.49. The number of likely N-dealkylation sites (tertiary alicyclic amines) is 1. The lowest BCUT2D eigenvalue weighted by atomic mass is 9.93. The highest BCUT2D eigenvalue weighted by Gasteiger charge is 2.35. The summed E-state index contributed by atoms with van der Waals surface area (Å²) in [4.78, 5) is 14.0. The Bertz CT molecular complexity index is 253. The SMILES string of the molecule is CCCC(C(=O)OCC)N1CCCC(C)(O)C1. The van der Waals surface area contributed by atoms with Gasteiger partial charge in [0.15, 0.2) is 0 Å². The molecule has 0 radical (unpaired) electrons. The second-order valence-corrected chi connectivity index (χ2v) is 5.13. The normalized spacial score (nSPS) is 27.8. The van der Waals surface area contributed by atoms with Crippen molar-refractivity contribution in [1.29, 1.82) is 0 Å². The number of nitrogens with zero attached hydrogens (tertiary/aromatic N) is 1. The standard InChI is InChI=1S/C13H25NO3/c1-4-7-11(12(15)17-5-2)14-9-6-8-13(3,16)10-14/h11,16H,4-10H2,1-3H3. The third-order valence-electron chi connectivity index (χ3n) is 3.27. The van der Waals surface area contributed by atoms with Crippen molar-refractivity contribution in [2.45, 2.75) is 58.1 Å². The molecule has 2 unspecified atom stereocenters. The van der Waals surface area contributed by atoms with E-state index >= 15 is 0 Å². The molecule has 1 saturated heterocycles. The molecule has 0 aromatic carbocycles. The summed E-state index contributed by atoms with van der Waals surface area (Å²) in [7, 11) is 0. The molecule has 2 atom stereocenters. The lowest BCUT2D eigenvalue weighted by Gasteiger charge is -2.40. The van der Waals surface area contributed by atoms with Crippen LogP contribution in [-0.4, -0.2) is 47.3 Å². The Balaban J connectivity index is 2.65. The summed E-state index contributed by atoms with van der Waals surface area (Å²) in [5.41, 5.74) is -0.670. The number of β-amino-alcohol motifs (C(OH)–C–C–N with tert-alkyl or cyclic N) is 1. The van der Waals surface area contributed by atoms with Crippen LogP contribution in [0, 0.1) is 0 Å². The van der Waals surface area contributed by atoms with Crippen molar-refractivity contribution in [3.8, 4) is 0 Å². The number of esters is 1. The van der Waals surface area contributed by atoms with Crippen LogP contribution >= 0.6 is 0 Å². The molecule has 1 N–H and O–H groups in total. The van der Waals surface area contributed by atoms with Gasteiger partial charge >= 0.3 is 5.97 Å². The predicted molar refractivity (Wildman–Crippen MR) is 66.8 cm³/mol. The third-order valence-corrected chi connectivity index (χ3v) is 3.27. The van der Waals surface area contributed by atoms with Crippen molar-refractivity contribution in [2.75, 3.05) is 19.7 Å². The number of hydrogen-bond acceptors (Lipinski definition) is 4. The molecule has 1 rings (SSSR count). The van der Waals surface area contributed by atoms with Crippen molar-refractivity contribution in [2.24, 2.45) is 0 Å². The number of ether oxygens (including phenoxy) is 1. The Kier molecular flexibility index (Phi) is 5.40. The lowest BCUT2D eigenvalue weighted by molar-refractivity contribution is -0.152. The van der Waals surface area contributed by atoms with Crippen molar-refractivity contribution in [3.63, 3.8) is 0 Å². The van der Waals surface area contributed by atoms with Gasteiger partial charge in [-0.05, 0) is 39.7 Å². The van der Waals surface area contributed by atoms with E-state index < -0.39 is 5.60 Å². The zero-order valence-corrected chi connectivity index (χ0v) is 11.2. The molecule has 0 saturated carbocycles. The zero-order valence-electron chi connectivity index (χ0n) is 11.2. The van der Waals surface area contributed by atoms with E-state index in [1.54, 1.807) is 0 Å². The average Bonchev–Trinajstić information content (AvgIpc) is 2.24. The molecule has 4 heteroatoms. The van der Waals surface area contributed by atoms with Gasteiger partial charge in [-0.2, -0.15) is 0 Å². The summed E-state index contributed by atoms with van der Waals surface area (Å²) in [5, 5.41) is 10.1. The van der Waals surface area contributed by atoms with Crippen molar-refractivity contribution in [1.82, 2.24) is 4.90 Å². The van der Waals surface area contributed by atoms with Crippen LogP contribution in [0.25, 0.3) is 0 Å². The molecular formula is C13H25NO3. The first-order chi connectivity index (χ1) is 8.00. The second kappa shape index (κ2) is 6.36. The Morgan fingerprint density at radius 3 is 2.76 bits per heavy atom. The van der Waals surface area contributed by atoms with E-state index in [9.17, 15) is 9.90 Å². The summed E-state index contributed by atoms with van der Waals surface area (Å²) in [6, 6.07) is -0.188. The first kappa shape index (κ1) is 14.5. The van der Waals surface area contributed by atoms with Crippen LogP contribution in [-0.2, 0) is 9.53 Å². The van der Waals surface area contributed by atoms with Crippen LogP contribution in [0.1, 0.15) is 46.5 Å². The molecule has 0 aliphatic carbocycles. The lowest BCUT2D eigenvalue weighted by Crippen LogP contribution is -2.53. The van der Waals surface area contributed by atoms with Gasteiger partial charge in [-0.15, -0.1) is 0 Å². The number of piperidine rings is 1. The van der Waals surface area contributed by atoms with Gasteiger partial charge in [-0.1, -0.05) is 13.3 Å². The van der Waals surface area contributed by atoms with E-state index in [2.05, 4.69) is 11.8 Å². The molecule has 0 amide bonds. The Hall–Kier alpha value is -0.610. The smallest absolute Gasteiger partial charge is 0.323 e. The fourth-order valence-electron chi connectivity index (χ4n) is 2.49. The Labute approximate surface area is 104 Å². The quantitative estimate of drug-likeness (QED) is 0.745. The first-order valence-electron chi connectivity index (χ1n) is 6.63. The van der Waals surface area contributed by atoms with Crippen LogP contribution < -0.4 is 0 Å². The van der Waals surface area contributed by atoms with Gasteiger partial charge in [0.25, 0.3) is 0 Å². The van der Waals surface area contributed by atoms with Gasteiger partial charge in [0.05, 0.1) is 12.2 Å². The Morgan fingerprint density at radius 2 is 2.24 bits per heavy atom. The first-order valence-corrected chi connectivity index (χ1v) is 6.63. The van der Waals surface area contributed by atoms with Crippen molar-refractivity contribution < 1.29 is 14.6 Å². The van der Waals surface area contributed by atoms with E-state index in [1.807, 2.05) is 13.8 Å². The van der Waals surface area contributed by atoms with Crippen LogP contribution in [0.3, 0.4) is 0 Å². The monoisotopic (exact) mass is 243 g/mol. The highest BCUT2D eigenvalue weighted by atomic mass is 16.5. The van der Waals surface area contributed by atoms with E-state index in [-0.39, 0.29) is 12.0 Å². The maximum absolute atomic E-state index is 11.9. The second-order valence-electron chi connectivity index (χ2n) is 5.13. The largest absolute Gasteiger partial charge is 0.465 e. The highest BCUT2D eigenvalue weighted by molar-refractivity contribution is 5.75. The molecule has 0 aromatic heterocycles. The van der Waals surface area contributed by atoms with Gasteiger partial charge < -0.3 is 9.84 Å². The van der Waals surface area contributed by atoms with E-state index in [0.717, 1.165) is 32.2 Å². The number of rotatable bonds is 5. The van der Waals surface area contributed by atoms with Crippen LogP contribution in [0.15, 0.2) is 0 Å². The van der Waals surface area contributed by atoms with E-state index in [4.69, 9.17) is 4.74 Å². The minimum atomic E-state index is -0.670. The number of carbonyl (C=O) groups is 1. The molecule has 1 heterocycles. The van der Waals surface area contributed by atoms with Gasteiger partial charge in [0.2, 0.25) is 0 Å². The van der Waals surface area contributed by atoms with Crippen LogP contribution in [0.4, 0.5) is 0 Å². The van der Waals surface area contributed by atoms with Crippen LogP contribution in [0.5, 0.6) is 0 Å². The number of aliphatic hydroxyl groups is 1. The van der Waals surface area contributed by atoms with Gasteiger partial charge in [0, 0.05) is 6.54 Å². The highest BCUT2D eigenvalue weighted by Crippen LogP contribution is 2.23. The molecule has 17 heavy (non-hydrogen) atoms. The summed E-state index contributed by atoms with van der Waals surface area (Å²) in [6.45, 7) is 7.59. The van der Waals surface area contributed by atoms with E-state index in [1.165, 1.54) is 0 Å². The molecular weight excluding hydrogens is 218 g/mol. The Morgan fingerprint density at radius 1 is 1.53 bits per heavy atom. The number of carbonyl (C=O) groups excluding carboxylic acids is 1. The predicted octanol–water partition coefficient (Wildman–Crippen LogP) is 1.56. The van der Waals surface area contributed by atoms with Gasteiger partial charge in [0.1, 0.15) is 6.04 Å². The van der Waals surface area contributed by atoms with Gasteiger partial charge in [-0.25, -0.2) is 0 Å². The maximum Gasteiger partial charge on any atom is 0.323 e. The van der Waals surface area contributed by atoms with Crippen molar-refractivity contribution in [3.05, 3.63) is 0 Å². The molecule has 100 valence electrons. The molecule has 1 aliphatic rings. The molecule has 4 nitrogen and oxygen atoms in total. The van der Waals surface area contributed by atoms with Crippen LogP contribution in [0.2, 0.25) is 0 Å². The molecule has 1 fully saturated rings. The topological polar surface area (TPSA) is 49.8 Å². The summed E-state index contributed by atoms with van der Waals surface area (Å²) in [5.74, 6) is -0.146. The minimum absolute atomic E-state index is 0.146. The van der Waals surface area contributed by atoms with Crippen molar-refractivity contribution >= 4 is 5.97 Å². The fraction of sp³-hybridized carbons (Fsp3) is 0.923. The third kappa shape index (κ3) is 4.28. The maximum atomic E-state index is 11.9. The minimum Gasteiger partial charge on any atom is -0.465 e. The van der Waals surface area contributed by atoms with Gasteiger partial charge in [-0.3, -0.25) is 9.69 Å². The van der Waals surface area contributed by atoms with E-state index in [0.29, 0.717) is 13.2 Å². The summed E-state index contributed by atoms with van der Waals surface area (Å²) < 4.78 is 5.12. The average molecular weight is 243 g/mol. The fourth-order valence-corrected chi connectivity index (χ4v) is 2.49. The molecule has 0 bridgehead atoms. The molecule has 0 aromatic rings. The summed E-state index contributed by atoms with van der Waals surface area (Å²) >= 11 is 0. The number of hydrogen-bond donors (Lipinski definition) is 1. The zero-order chi connectivity index (χ0) is 12.9.